The highest BCUT2D eigenvalue weighted by Gasteiger charge is 2.10. The van der Waals surface area contributed by atoms with E-state index in [4.69, 9.17) is 4.42 Å². The summed E-state index contributed by atoms with van der Waals surface area (Å²) in [5, 5.41) is 5.69. The summed E-state index contributed by atoms with van der Waals surface area (Å²) >= 11 is 0. The molecular weight excluding hydrogens is 264 g/mol. The van der Waals surface area contributed by atoms with Crippen LogP contribution in [-0.2, 0) is 6.54 Å². The van der Waals surface area contributed by atoms with E-state index in [1.807, 2.05) is 13.0 Å². The lowest BCUT2D eigenvalue weighted by molar-refractivity contribution is 0.236. The van der Waals surface area contributed by atoms with Crippen LogP contribution in [0.3, 0.4) is 0 Å². The Morgan fingerprint density at radius 2 is 1.76 bits per heavy atom. The van der Waals surface area contributed by atoms with E-state index >= 15 is 0 Å². The predicted octanol–water partition coefficient (Wildman–Crippen LogP) is 3.96. The van der Waals surface area contributed by atoms with Crippen LogP contribution in [0.5, 0.6) is 0 Å². The van der Waals surface area contributed by atoms with Gasteiger partial charge in [-0.05, 0) is 36.1 Å². The molecule has 2 amide bonds. The number of nitrogens with one attached hydrogen (secondary N) is 2. The normalized spacial score (nSPS) is 12.2. The number of urea groups is 1. The quantitative estimate of drug-likeness (QED) is 0.874. The van der Waals surface area contributed by atoms with E-state index in [-0.39, 0.29) is 12.1 Å². The third kappa shape index (κ3) is 4.38. The second-order valence-electron chi connectivity index (χ2n) is 5.45. The van der Waals surface area contributed by atoms with Gasteiger partial charge in [0.15, 0.2) is 0 Å². The molecule has 0 radical (unpaired) electrons. The molecule has 1 aromatic heterocycles. The van der Waals surface area contributed by atoms with Gasteiger partial charge in [0.1, 0.15) is 5.76 Å². The van der Waals surface area contributed by atoms with Gasteiger partial charge in [-0.25, -0.2) is 4.79 Å². The van der Waals surface area contributed by atoms with Crippen LogP contribution in [-0.4, -0.2) is 6.03 Å². The average Bonchev–Trinajstić information content (AvgIpc) is 2.98. The molecule has 0 fully saturated rings. The zero-order chi connectivity index (χ0) is 15.2. The molecule has 0 saturated carbocycles. The maximum atomic E-state index is 11.8. The highest BCUT2D eigenvalue weighted by Crippen LogP contribution is 2.18. The van der Waals surface area contributed by atoms with Gasteiger partial charge in [-0.3, -0.25) is 0 Å². The monoisotopic (exact) mass is 286 g/mol. The summed E-state index contributed by atoms with van der Waals surface area (Å²) in [4.78, 5) is 11.8. The lowest BCUT2D eigenvalue weighted by atomic mass is 10.00. The van der Waals surface area contributed by atoms with E-state index in [9.17, 15) is 4.79 Å². The van der Waals surface area contributed by atoms with Crippen LogP contribution in [0, 0.1) is 0 Å². The van der Waals surface area contributed by atoms with Gasteiger partial charge in [0, 0.05) is 0 Å². The van der Waals surface area contributed by atoms with E-state index in [0.717, 1.165) is 11.3 Å². The van der Waals surface area contributed by atoms with Crippen LogP contribution in [0.25, 0.3) is 0 Å². The van der Waals surface area contributed by atoms with E-state index in [1.54, 1.807) is 12.3 Å². The molecular formula is C17H22N2O2. The largest absolute Gasteiger partial charge is 0.467 e. The highest BCUT2D eigenvalue weighted by atomic mass is 16.3. The Balaban J connectivity index is 1.85. The fraction of sp³-hybridized carbons (Fsp3) is 0.353. The van der Waals surface area contributed by atoms with Crippen molar-refractivity contribution in [1.29, 1.82) is 0 Å². The summed E-state index contributed by atoms with van der Waals surface area (Å²) in [6, 6.07) is 11.7. The van der Waals surface area contributed by atoms with Crippen LogP contribution in [0.2, 0.25) is 0 Å². The van der Waals surface area contributed by atoms with Crippen LogP contribution in [0.1, 0.15) is 49.6 Å². The van der Waals surface area contributed by atoms with E-state index < -0.39 is 0 Å². The average molecular weight is 286 g/mol. The lowest BCUT2D eigenvalue weighted by Crippen LogP contribution is -2.36. The maximum absolute atomic E-state index is 11.8. The minimum atomic E-state index is -0.202. The number of rotatable bonds is 5. The predicted molar refractivity (Wildman–Crippen MR) is 83.0 cm³/mol. The first-order chi connectivity index (χ1) is 10.1. The standard InChI is InChI=1S/C17H22N2O2/c1-12(2)14-6-8-15(9-7-14)13(3)19-17(20)18-11-16-5-4-10-21-16/h4-10,12-13H,11H2,1-3H3,(H2,18,19,20). The minimum Gasteiger partial charge on any atom is -0.467 e. The summed E-state index contributed by atoms with van der Waals surface area (Å²) in [6.07, 6.45) is 1.59. The van der Waals surface area contributed by atoms with Crippen molar-refractivity contribution in [2.75, 3.05) is 0 Å². The second-order valence-corrected chi connectivity index (χ2v) is 5.45. The molecule has 0 bridgehead atoms. The minimum absolute atomic E-state index is 0.0391. The van der Waals surface area contributed by atoms with Gasteiger partial charge in [0.25, 0.3) is 0 Å². The fourth-order valence-electron chi connectivity index (χ4n) is 2.08. The van der Waals surface area contributed by atoms with Crippen molar-refractivity contribution in [3.63, 3.8) is 0 Å². The van der Waals surface area contributed by atoms with Gasteiger partial charge in [0.2, 0.25) is 0 Å². The maximum Gasteiger partial charge on any atom is 0.315 e. The molecule has 112 valence electrons. The number of furan rings is 1. The van der Waals surface area contributed by atoms with Crippen molar-refractivity contribution < 1.29 is 9.21 Å². The molecule has 2 N–H and O–H groups in total. The molecule has 0 aliphatic rings. The molecule has 0 spiro atoms. The Labute approximate surface area is 125 Å². The van der Waals surface area contributed by atoms with Gasteiger partial charge in [-0.15, -0.1) is 0 Å². The topological polar surface area (TPSA) is 54.3 Å². The number of carbonyl (C=O) groups excluding carboxylic acids is 1. The highest BCUT2D eigenvalue weighted by molar-refractivity contribution is 5.74. The molecule has 4 nitrogen and oxygen atoms in total. The van der Waals surface area contributed by atoms with Crippen molar-refractivity contribution in [3.8, 4) is 0 Å². The van der Waals surface area contributed by atoms with Gasteiger partial charge in [-0.1, -0.05) is 38.1 Å². The lowest BCUT2D eigenvalue weighted by Gasteiger charge is -2.16. The number of hydrogen-bond acceptors (Lipinski definition) is 2. The van der Waals surface area contributed by atoms with Crippen molar-refractivity contribution in [3.05, 3.63) is 59.5 Å². The Hall–Kier alpha value is -2.23. The van der Waals surface area contributed by atoms with Gasteiger partial charge < -0.3 is 15.1 Å². The Morgan fingerprint density at radius 3 is 2.33 bits per heavy atom. The van der Waals surface area contributed by atoms with Crippen molar-refractivity contribution in [2.45, 2.75) is 39.3 Å². The number of amides is 2. The first kappa shape index (κ1) is 15.2. The van der Waals surface area contributed by atoms with E-state index in [2.05, 4.69) is 48.7 Å². The van der Waals surface area contributed by atoms with E-state index in [1.165, 1.54) is 5.56 Å². The smallest absolute Gasteiger partial charge is 0.315 e. The Kier molecular flexibility index (Phi) is 5.04. The molecule has 4 heteroatoms. The zero-order valence-corrected chi connectivity index (χ0v) is 12.7. The molecule has 1 heterocycles. The molecule has 21 heavy (non-hydrogen) atoms. The molecule has 1 atom stereocenters. The Morgan fingerprint density at radius 1 is 1.10 bits per heavy atom. The molecule has 1 aromatic carbocycles. The molecule has 0 saturated heterocycles. The van der Waals surface area contributed by atoms with Gasteiger partial charge >= 0.3 is 6.03 Å². The Bertz CT molecular complexity index is 559. The number of benzene rings is 1. The van der Waals surface area contributed by atoms with Crippen molar-refractivity contribution >= 4 is 6.03 Å². The summed E-state index contributed by atoms with van der Waals surface area (Å²) < 4.78 is 5.17. The van der Waals surface area contributed by atoms with E-state index in [0.29, 0.717) is 12.5 Å². The molecule has 0 aliphatic heterocycles. The first-order valence-electron chi connectivity index (χ1n) is 7.23. The second kappa shape index (κ2) is 6.97. The van der Waals surface area contributed by atoms with Crippen LogP contribution in [0.15, 0.2) is 47.1 Å². The number of hydrogen-bond donors (Lipinski definition) is 2. The molecule has 0 aliphatic carbocycles. The number of carbonyl (C=O) groups is 1. The van der Waals surface area contributed by atoms with Crippen LogP contribution >= 0.6 is 0 Å². The van der Waals surface area contributed by atoms with Crippen LogP contribution in [0.4, 0.5) is 4.79 Å². The third-order valence-corrected chi connectivity index (χ3v) is 3.45. The first-order valence-corrected chi connectivity index (χ1v) is 7.23. The van der Waals surface area contributed by atoms with Crippen LogP contribution < -0.4 is 10.6 Å². The molecule has 2 aromatic rings. The SMILES string of the molecule is CC(C)c1ccc(C(C)NC(=O)NCc2ccco2)cc1. The fourth-order valence-corrected chi connectivity index (χ4v) is 2.08. The van der Waals surface area contributed by atoms with Crippen molar-refractivity contribution in [2.24, 2.45) is 0 Å². The van der Waals surface area contributed by atoms with Crippen molar-refractivity contribution in [1.82, 2.24) is 10.6 Å². The zero-order valence-electron chi connectivity index (χ0n) is 12.7. The summed E-state index contributed by atoms with van der Waals surface area (Å²) in [5.74, 6) is 1.25. The summed E-state index contributed by atoms with van der Waals surface area (Å²) in [7, 11) is 0. The summed E-state index contributed by atoms with van der Waals surface area (Å²) in [6.45, 7) is 6.69. The molecule has 1 unspecified atom stereocenters. The molecule has 2 rings (SSSR count). The van der Waals surface area contributed by atoms with Gasteiger partial charge in [0.05, 0.1) is 18.8 Å². The summed E-state index contributed by atoms with van der Waals surface area (Å²) in [5.41, 5.74) is 2.39. The third-order valence-electron chi connectivity index (χ3n) is 3.45. The van der Waals surface area contributed by atoms with Gasteiger partial charge in [-0.2, -0.15) is 0 Å².